The van der Waals surface area contributed by atoms with Crippen molar-refractivity contribution >= 4 is 29.1 Å². The van der Waals surface area contributed by atoms with Gasteiger partial charge in [-0.1, -0.05) is 6.07 Å². The molecule has 1 rings (SSSR count). The van der Waals surface area contributed by atoms with E-state index in [0.29, 0.717) is 11.4 Å². The van der Waals surface area contributed by atoms with Crippen LogP contribution in [0.25, 0.3) is 0 Å². The topological polar surface area (TPSA) is 67.4 Å². The first-order chi connectivity index (χ1) is 9.39. The van der Waals surface area contributed by atoms with Crippen molar-refractivity contribution in [3.8, 4) is 5.75 Å². The Hall–Kier alpha value is -1.75. The van der Waals surface area contributed by atoms with Crippen LogP contribution >= 0.6 is 11.6 Å². The Morgan fingerprint density at radius 3 is 2.65 bits per heavy atom. The van der Waals surface area contributed by atoms with E-state index in [1.807, 2.05) is 0 Å². The van der Waals surface area contributed by atoms with E-state index in [4.69, 9.17) is 16.3 Å². The van der Waals surface area contributed by atoms with Crippen LogP contribution in [0.3, 0.4) is 0 Å². The molecular weight excluding hydrogens is 280 g/mol. The van der Waals surface area contributed by atoms with Crippen molar-refractivity contribution in [3.05, 3.63) is 24.3 Å². The minimum absolute atomic E-state index is 0.0684. The molecular formula is C14H19ClN2O3. The maximum atomic E-state index is 12.0. The lowest BCUT2D eigenvalue weighted by atomic mass is 9.95. The van der Waals surface area contributed by atoms with Crippen LogP contribution in [0.1, 0.15) is 13.8 Å². The Kier molecular flexibility index (Phi) is 5.82. The largest absolute Gasteiger partial charge is 0.484 e. The highest BCUT2D eigenvalue weighted by atomic mass is 35.5. The number of amides is 2. The lowest BCUT2D eigenvalue weighted by molar-refractivity contribution is -0.123. The van der Waals surface area contributed by atoms with Crippen LogP contribution in [0, 0.1) is 5.41 Å². The molecule has 5 nitrogen and oxygen atoms in total. The summed E-state index contributed by atoms with van der Waals surface area (Å²) in [5, 5.41) is 5.23. The smallest absolute Gasteiger partial charge is 0.257 e. The highest BCUT2D eigenvalue weighted by molar-refractivity contribution is 6.20. The number of anilines is 1. The monoisotopic (exact) mass is 298 g/mol. The van der Waals surface area contributed by atoms with E-state index in [2.05, 4.69) is 10.6 Å². The maximum absolute atomic E-state index is 12.0. The normalized spacial score (nSPS) is 10.8. The molecule has 0 aromatic heterocycles. The van der Waals surface area contributed by atoms with Gasteiger partial charge in [0.05, 0.1) is 5.41 Å². The first kappa shape index (κ1) is 16.3. The zero-order chi connectivity index (χ0) is 15.2. The minimum atomic E-state index is -0.652. The van der Waals surface area contributed by atoms with Gasteiger partial charge < -0.3 is 15.4 Å². The van der Waals surface area contributed by atoms with Gasteiger partial charge >= 0.3 is 0 Å². The Morgan fingerprint density at radius 2 is 2.05 bits per heavy atom. The minimum Gasteiger partial charge on any atom is -0.484 e. The van der Waals surface area contributed by atoms with E-state index >= 15 is 0 Å². The summed E-state index contributed by atoms with van der Waals surface area (Å²) in [5.74, 6) is 0.347. The number of hydrogen-bond donors (Lipinski definition) is 2. The van der Waals surface area contributed by atoms with Gasteiger partial charge in [0, 0.05) is 24.7 Å². The number of rotatable bonds is 6. The van der Waals surface area contributed by atoms with Gasteiger partial charge in [0.1, 0.15) is 5.75 Å². The van der Waals surface area contributed by atoms with Crippen molar-refractivity contribution in [2.24, 2.45) is 5.41 Å². The van der Waals surface area contributed by atoms with E-state index in [-0.39, 0.29) is 24.3 Å². The summed E-state index contributed by atoms with van der Waals surface area (Å²) >= 11 is 5.76. The number of hydrogen-bond acceptors (Lipinski definition) is 3. The van der Waals surface area contributed by atoms with Crippen molar-refractivity contribution in [1.82, 2.24) is 5.32 Å². The molecule has 0 atom stereocenters. The van der Waals surface area contributed by atoms with Crippen LogP contribution in [0.2, 0.25) is 0 Å². The molecule has 110 valence electrons. The van der Waals surface area contributed by atoms with Gasteiger partial charge in [-0.05, 0) is 26.0 Å². The van der Waals surface area contributed by atoms with Gasteiger partial charge in [0.25, 0.3) is 5.91 Å². The summed E-state index contributed by atoms with van der Waals surface area (Å²) in [6, 6.07) is 6.86. The van der Waals surface area contributed by atoms with Crippen molar-refractivity contribution in [2.45, 2.75) is 13.8 Å². The third-order valence-corrected chi connectivity index (χ3v) is 3.36. The molecule has 2 amide bonds. The van der Waals surface area contributed by atoms with Gasteiger partial charge in [-0.25, -0.2) is 0 Å². The molecule has 0 aliphatic rings. The Bertz CT molecular complexity index is 489. The Morgan fingerprint density at radius 1 is 1.35 bits per heavy atom. The number of benzene rings is 1. The fourth-order valence-electron chi connectivity index (χ4n) is 1.25. The first-order valence-corrected chi connectivity index (χ1v) is 6.73. The van der Waals surface area contributed by atoms with Crippen LogP contribution in [-0.4, -0.2) is 31.3 Å². The summed E-state index contributed by atoms with van der Waals surface area (Å²) in [6.45, 7) is 3.46. The number of carbonyl (C=O) groups is 2. The zero-order valence-electron chi connectivity index (χ0n) is 11.8. The van der Waals surface area contributed by atoms with E-state index in [1.165, 1.54) is 7.05 Å². The molecule has 0 bridgehead atoms. The zero-order valence-corrected chi connectivity index (χ0v) is 12.6. The number of alkyl halides is 1. The van der Waals surface area contributed by atoms with Crippen LogP contribution in [0.4, 0.5) is 5.69 Å². The second-order valence-electron chi connectivity index (χ2n) is 4.96. The molecule has 2 N–H and O–H groups in total. The molecule has 0 aliphatic heterocycles. The van der Waals surface area contributed by atoms with Gasteiger partial charge in [0.15, 0.2) is 6.61 Å². The van der Waals surface area contributed by atoms with E-state index < -0.39 is 5.41 Å². The summed E-state index contributed by atoms with van der Waals surface area (Å²) in [5.41, 5.74) is -0.0526. The fourth-order valence-corrected chi connectivity index (χ4v) is 1.37. The van der Waals surface area contributed by atoms with Gasteiger partial charge in [0.2, 0.25) is 5.91 Å². The molecule has 0 aliphatic carbocycles. The molecule has 1 aromatic carbocycles. The molecule has 0 saturated carbocycles. The molecule has 0 fully saturated rings. The molecule has 0 unspecified atom stereocenters. The van der Waals surface area contributed by atoms with Crippen molar-refractivity contribution in [3.63, 3.8) is 0 Å². The Balaban J connectivity index is 2.69. The molecule has 20 heavy (non-hydrogen) atoms. The van der Waals surface area contributed by atoms with Crippen LogP contribution in [0.5, 0.6) is 5.75 Å². The first-order valence-electron chi connectivity index (χ1n) is 6.20. The third kappa shape index (κ3) is 4.74. The molecule has 0 heterocycles. The van der Waals surface area contributed by atoms with Crippen LogP contribution in [0.15, 0.2) is 24.3 Å². The number of carbonyl (C=O) groups excluding carboxylic acids is 2. The standard InChI is InChI=1S/C14H19ClN2O3/c1-14(2,9-15)13(19)17-10-5-4-6-11(7-10)20-8-12(18)16-3/h4-7H,8-9H2,1-3H3,(H,16,18)(H,17,19). The quantitative estimate of drug-likeness (QED) is 0.790. The summed E-state index contributed by atoms with van der Waals surface area (Å²) < 4.78 is 5.30. The predicted molar refractivity (Wildman–Crippen MR) is 79.1 cm³/mol. The van der Waals surface area contributed by atoms with E-state index in [9.17, 15) is 9.59 Å². The predicted octanol–water partition coefficient (Wildman–Crippen LogP) is 2.01. The van der Waals surface area contributed by atoms with Crippen LogP contribution in [-0.2, 0) is 9.59 Å². The second-order valence-corrected chi connectivity index (χ2v) is 5.23. The number of likely N-dealkylation sites (N-methyl/N-ethyl adjacent to an activating group) is 1. The van der Waals surface area contributed by atoms with Crippen molar-refractivity contribution in [1.29, 1.82) is 0 Å². The van der Waals surface area contributed by atoms with Crippen molar-refractivity contribution in [2.75, 3.05) is 24.9 Å². The highest BCUT2D eigenvalue weighted by Gasteiger charge is 2.26. The van der Waals surface area contributed by atoms with Gasteiger partial charge in [-0.15, -0.1) is 11.6 Å². The SMILES string of the molecule is CNC(=O)COc1cccc(NC(=O)C(C)(C)CCl)c1. The summed E-state index contributed by atoms with van der Waals surface area (Å²) in [6.07, 6.45) is 0. The van der Waals surface area contributed by atoms with Gasteiger partial charge in [-0.2, -0.15) is 0 Å². The fraction of sp³-hybridized carbons (Fsp3) is 0.429. The lowest BCUT2D eigenvalue weighted by Gasteiger charge is -2.20. The van der Waals surface area contributed by atoms with Crippen molar-refractivity contribution < 1.29 is 14.3 Å². The average Bonchev–Trinajstić information content (AvgIpc) is 2.45. The molecule has 0 radical (unpaired) electrons. The number of ether oxygens (including phenoxy) is 1. The number of nitrogens with one attached hydrogen (secondary N) is 2. The lowest BCUT2D eigenvalue weighted by Crippen LogP contribution is -2.32. The van der Waals surface area contributed by atoms with E-state index in [0.717, 1.165) is 0 Å². The van der Waals surface area contributed by atoms with Crippen LogP contribution < -0.4 is 15.4 Å². The molecule has 0 spiro atoms. The third-order valence-electron chi connectivity index (χ3n) is 2.69. The molecule has 1 aromatic rings. The van der Waals surface area contributed by atoms with Gasteiger partial charge in [-0.3, -0.25) is 9.59 Å². The second kappa shape index (κ2) is 7.14. The van der Waals surface area contributed by atoms with E-state index in [1.54, 1.807) is 38.1 Å². The Labute approximate surface area is 123 Å². The maximum Gasteiger partial charge on any atom is 0.257 e. The average molecular weight is 299 g/mol. The number of halogens is 1. The molecule has 6 heteroatoms. The molecule has 0 saturated heterocycles. The summed E-state index contributed by atoms with van der Waals surface area (Å²) in [7, 11) is 1.54. The highest BCUT2D eigenvalue weighted by Crippen LogP contribution is 2.22. The summed E-state index contributed by atoms with van der Waals surface area (Å²) in [4.78, 5) is 23.1.